The zero-order valence-electron chi connectivity index (χ0n) is 17.8. The van der Waals surface area contributed by atoms with Crippen LogP contribution in [0.25, 0.3) is 0 Å². The SMILES string of the molecule is Cc1ccc(N2c3cccc(C(=O)Nc4ccc(OC(F)(F)F)c(Cl)c4)c3OC[C@@H]2CO)nc1. The third kappa shape index (κ3) is 5.02. The molecule has 0 aliphatic carbocycles. The second kappa shape index (κ2) is 9.40. The molecule has 0 radical (unpaired) electrons. The number of alkyl halides is 3. The number of fused-ring (bicyclic) bond motifs is 1. The lowest BCUT2D eigenvalue weighted by Gasteiger charge is -2.37. The number of aliphatic hydroxyl groups is 1. The first-order valence-corrected chi connectivity index (χ1v) is 10.5. The molecule has 178 valence electrons. The molecule has 1 aliphatic heterocycles. The second-order valence-electron chi connectivity index (χ2n) is 7.51. The summed E-state index contributed by atoms with van der Waals surface area (Å²) in [7, 11) is 0. The van der Waals surface area contributed by atoms with E-state index in [1.165, 1.54) is 6.07 Å². The highest BCUT2D eigenvalue weighted by Crippen LogP contribution is 2.41. The van der Waals surface area contributed by atoms with Crippen LogP contribution in [0.5, 0.6) is 11.5 Å². The number of benzene rings is 2. The third-order valence-electron chi connectivity index (χ3n) is 5.05. The van der Waals surface area contributed by atoms with E-state index in [1.54, 1.807) is 29.3 Å². The highest BCUT2D eigenvalue weighted by Gasteiger charge is 2.33. The summed E-state index contributed by atoms with van der Waals surface area (Å²) >= 11 is 5.87. The van der Waals surface area contributed by atoms with Gasteiger partial charge in [0.2, 0.25) is 0 Å². The Balaban J connectivity index is 1.63. The Hall–Kier alpha value is -3.50. The smallest absolute Gasteiger partial charge is 0.488 e. The summed E-state index contributed by atoms with van der Waals surface area (Å²) in [6.07, 6.45) is -3.19. The van der Waals surface area contributed by atoms with Crippen molar-refractivity contribution in [3.8, 4) is 11.5 Å². The highest BCUT2D eigenvalue weighted by molar-refractivity contribution is 6.32. The molecule has 0 saturated heterocycles. The van der Waals surface area contributed by atoms with Crippen molar-refractivity contribution >= 4 is 34.7 Å². The quantitative estimate of drug-likeness (QED) is 0.515. The lowest BCUT2D eigenvalue weighted by atomic mass is 10.1. The van der Waals surface area contributed by atoms with Gasteiger partial charge in [-0.25, -0.2) is 4.98 Å². The van der Waals surface area contributed by atoms with E-state index < -0.39 is 24.1 Å². The first-order valence-electron chi connectivity index (χ1n) is 10.1. The predicted octanol–water partition coefficient (Wildman–Crippen LogP) is 5.09. The number of carbonyl (C=O) groups excluding carboxylic acids is 1. The van der Waals surface area contributed by atoms with Gasteiger partial charge >= 0.3 is 6.36 Å². The molecule has 0 unspecified atom stereocenters. The fourth-order valence-corrected chi connectivity index (χ4v) is 3.75. The number of nitrogens with one attached hydrogen (secondary N) is 1. The van der Waals surface area contributed by atoms with Crippen LogP contribution < -0.4 is 19.7 Å². The molecule has 11 heteroatoms. The molecule has 4 rings (SSSR count). The Labute approximate surface area is 197 Å². The van der Waals surface area contributed by atoms with Crippen molar-refractivity contribution in [1.82, 2.24) is 4.98 Å². The van der Waals surface area contributed by atoms with E-state index in [9.17, 15) is 23.1 Å². The number of aryl methyl sites for hydroxylation is 1. The summed E-state index contributed by atoms with van der Waals surface area (Å²) < 4.78 is 47.0. The molecule has 0 bridgehead atoms. The van der Waals surface area contributed by atoms with Crippen molar-refractivity contribution in [2.75, 3.05) is 23.4 Å². The average molecular weight is 494 g/mol. The van der Waals surface area contributed by atoms with Crippen LogP contribution in [0.4, 0.5) is 30.4 Å². The van der Waals surface area contributed by atoms with Gasteiger partial charge in [0.05, 0.1) is 28.9 Å². The molecule has 2 N–H and O–H groups in total. The van der Waals surface area contributed by atoms with E-state index in [-0.39, 0.29) is 35.2 Å². The maximum absolute atomic E-state index is 13.0. The van der Waals surface area contributed by atoms with Crippen LogP contribution in [0.15, 0.2) is 54.7 Å². The number of hydrogen-bond donors (Lipinski definition) is 2. The number of halogens is 4. The van der Waals surface area contributed by atoms with Crippen LogP contribution in [0.3, 0.4) is 0 Å². The van der Waals surface area contributed by atoms with Crippen LogP contribution in [0, 0.1) is 6.92 Å². The number of aliphatic hydroxyl groups excluding tert-OH is 1. The average Bonchev–Trinajstić information content (AvgIpc) is 2.79. The van der Waals surface area contributed by atoms with E-state index in [4.69, 9.17) is 16.3 Å². The van der Waals surface area contributed by atoms with Gasteiger partial charge in [0.1, 0.15) is 18.2 Å². The van der Waals surface area contributed by atoms with Gasteiger partial charge in [-0.05, 0) is 48.9 Å². The summed E-state index contributed by atoms with van der Waals surface area (Å²) in [6, 6.07) is 11.6. The monoisotopic (exact) mass is 493 g/mol. The van der Waals surface area contributed by atoms with Gasteiger partial charge in [0.25, 0.3) is 5.91 Å². The predicted molar refractivity (Wildman–Crippen MR) is 120 cm³/mol. The van der Waals surface area contributed by atoms with Crippen LogP contribution in [0.2, 0.25) is 5.02 Å². The van der Waals surface area contributed by atoms with Crippen LogP contribution in [0.1, 0.15) is 15.9 Å². The van der Waals surface area contributed by atoms with Gasteiger partial charge in [-0.2, -0.15) is 0 Å². The molecule has 1 amide bonds. The van der Waals surface area contributed by atoms with Crippen molar-refractivity contribution in [3.63, 3.8) is 0 Å². The number of amides is 1. The molecule has 2 heterocycles. The Morgan fingerprint density at radius 1 is 1.29 bits per heavy atom. The fraction of sp³-hybridized carbons (Fsp3) is 0.217. The van der Waals surface area contributed by atoms with Crippen molar-refractivity contribution in [3.05, 3.63) is 70.9 Å². The van der Waals surface area contributed by atoms with Crippen molar-refractivity contribution < 1.29 is 32.5 Å². The molecule has 1 aliphatic rings. The maximum atomic E-state index is 13.0. The highest BCUT2D eigenvalue weighted by atomic mass is 35.5. The molecular weight excluding hydrogens is 475 g/mol. The van der Waals surface area contributed by atoms with Crippen LogP contribution in [-0.4, -0.2) is 41.6 Å². The summed E-state index contributed by atoms with van der Waals surface area (Å²) in [5.41, 5.74) is 1.87. The van der Waals surface area contributed by atoms with Gasteiger partial charge in [-0.3, -0.25) is 4.79 Å². The molecular formula is C23H19ClF3N3O4. The van der Waals surface area contributed by atoms with E-state index in [1.807, 2.05) is 19.1 Å². The number of pyridine rings is 1. The molecule has 1 aromatic heterocycles. The Morgan fingerprint density at radius 3 is 2.74 bits per heavy atom. The molecule has 3 aromatic rings. The van der Waals surface area contributed by atoms with Crippen molar-refractivity contribution in [1.29, 1.82) is 0 Å². The molecule has 34 heavy (non-hydrogen) atoms. The normalized spacial score (nSPS) is 15.4. The second-order valence-corrected chi connectivity index (χ2v) is 7.92. The fourth-order valence-electron chi connectivity index (χ4n) is 3.53. The largest absolute Gasteiger partial charge is 0.573 e. The summed E-state index contributed by atoms with van der Waals surface area (Å²) in [6.45, 7) is 1.82. The number of para-hydroxylation sites is 1. The number of rotatable bonds is 5. The summed E-state index contributed by atoms with van der Waals surface area (Å²) in [4.78, 5) is 19.3. The molecule has 7 nitrogen and oxygen atoms in total. The Bertz CT molecular complexity index is 1210. The topological polar surface area (TPSA) is 83.9 Å². The van der Waals surface area contributed by atoms with E-state index >= 15 is 0 Å². The van der Waals surface area contributed by atoms with E-state index in [2.05, 4.69) is 15.0 Å². The molecule has 2 aromatic carbocycles. The van der Waals surface area contributed by atoms with E-state index in [0.717, 1.165) is 17.7 Å². The van der Waals surface area contributed by atoms with Gasteiger partial charge in [0, 0.05) is 11.9 Å². The zero-order valence-corrected chi connectivity index (χ0v) is 18.5. The van der Waals surface area contributed by atoms with Gasteiger partial charge in [-0.1, -0.05) is 23.7 Å². The first kappa shape index (κ1) is 23.7. The lowest BCUT2D eigenvalue weighted by molar-refractivity contribution is -0.274. The minimum absolute atomic E-state index is 0.110. The number of anilines is 3. The minimum atomic E-state index is -4.89. The van der Waals surface area contributed by atoms with Crippen molar-refractivity contribution in [2.45, 2.75) is 19.3 Å². The lowest BCUT2D eigenvalue weighted by Crippen LogP contribution is -2.43. The van der Waals surface area contributed by atoms with Gasteiger partial charge in [-0.15, -0.1) is 13.2 Å². The number of aromatic nitrogens is 1. The van der Waals surface area contributed by atoms with Crippen LogP contribution >= 0.6 is 11.6 Å². The Kier molecular flexibility index (Phi) is 6.54. The van der Waals surface area contributed by atoms with Gasteiger partial charge in [0.15, 0.2) is 5.75 Å². The number of nitrogens with zero attached hydrogens (tertiary/aromatic N) is 2. The maximum Gasteiger partial charge on any atom is 0.573 e. The Morgan fingerprint density at radius 2 is 2.09 bits per heavy atom. The standard InChI is InChI=1S/C23H19ClF3N3O4/c1-13-5-8-20(28-10-13)30-15(11-31)12-33-21-16(3-2-4-18(21)30)22(32)29-14-6-7-19(17(24)9-14)34-23(25,26)27/h2-10,15,31H,11-12H2,1H3,(H,29,32)/t15-/m0/s1. The summed E-state index contributed by atoms with van der Waals surface area (Å²) in [5, 5.41) is 12.2. The zero-order chi connectivity index (χ0) is 24.5. The molecule has 0 fully saturated rings. The molecule has 1 atom stereocenters. The van der Waals surface area contributed by atoms with Crippen molar-refractivity contribution in [2.24, 2.45) is 0 Å². The van der Waals surface area contributed by atoms with E-state index in [0.29, 0.717) is 11.5 Å². The molecule has 0 spiro atoms. The number of carbonyl (C=O) groups is 1. The first-order chi connectivity index (χ1) is 16.2. The minimum Gasteiger partial charge on any atom is -0.488 e. The number of ether oxygens (including phenoxy) is 2. The number of hydrogen-bond acceptors (Lipinski definition) is 6. The molecule has 0 saturated carbocycles. The van der Waals surface area contributed by atoms with Gasteiger partial charge < -0.3 is 24.8 Å². The van der Waals surface area contributed by atoms with Crippen LogP contribution in [-0.2, 0) is 0 Å². The third-order valence-corrected chi connectivity index (χ3v) is 5.35. The summed E-state index contributed by atoms with van der Waals surface area (Å²) in [5.74, 6) is -0.269.